The third kappa shape index (κ3) is 7.47. The fraction of sp³-hybridized carbons (Fsp3) is 0.567. The maximum Gasteiger partial charge on any atom is 0.416 e. The molecule has 3 unspecified atom stereocenters. The van der Waals surface area contributed by atoms with E-state index in [1.54, 1.807) is 6.26 Å². The largest absolute Gasteiger partial charge is 0.467 e. The number of alkyl halides is 4. The van der Waals surface area contributed by atoms with E-state index < -0.39 is 41.1 Å². The summed E-state index contributed by atoms with van der Waals surface area (Å²) < 4.78 is 79.7. The number of aliphatic imine (C=N–C) groups is 1. The summed E-state index contributed by atoms with van der Waals surface area (Å²) >= 11 is 7.76. The SMILES string of the molecule is COc1nc2c(c(N3CCCN=C(/C(Cl)=C(\N)SC)C3)n1)COC(c1c(C(F)(F)F)ccc(N)c1F)C2.FC1CC2CCCN2C1. The van der Waals surface area contributed by atoms with E-state index in [1.807, 2.05) is 4.90 Å². The molecule has 4 aliphatic rings. The summed E-state index contributed by atoms with van der Waals surface area (Å²) in [6.45, 7) is 3.09. The Morgan fingerprint density at radius 3 is 2.67 bits per heavy atom. The molecule has 16 heteroatoms. The molecule has 1 aromatic heterocycles. The Bertz CT molecular complexity index is 1480. The highest BCUT2D eigenvalue weighted by molar-refractivity contribution is 8.02. The van der Waals surface area contributed by atoms with Gasteiger partial charge in [-0.3, -0.25) is 9.89 Å². The van der Waals surface area contributed by atoms with Crippen molar-refractivity contribution in [2.24, 2.45) is 10.7 Å². The van der Waals surface area contributed by atoms with E-state index in [0.717, 1.165) is 25.1 Å². The number of ether oxygens (including phenoxy) is 2. The number of nitrogens with zero attached hydrogens (tertiary/aromatic N) is 5. The predicted octanol–water partition coefficient (Wildman–Crippen LogP) is 5.61. The summed E-state index contributed by atoms with van der Waals surface area (Å²) in [5, 5.41) is 0.780. The topological polar surface area (TPSA) is 115 Å². The van der Waals surface area contributed by atoms with Crippen LogP contribution in [0.4, 0.5) is 33.5 Å². The fourth-order valence-corrected chi connectivity index (χ4v) is 6.95. The second kappa shape index (κ2) is 14.5. The van der Waals surface area contributed by atoms with E-state index in [-0.39, 0.29) is 25.6 Å². The number of fused-ring (bicyclic) bond motifs is 2. The summed E-state index contributed by atoms with van der Waals surface area (Å²) in [6, 6.07) is 2.28. The molecular formula is C30H37ClF5N7O2S. The monoisotopic (exact) mass is 689 g/mol. The Morgan fingerprint density at radius 1 is 1.20 bits per heavy atom. The second-order valence-electron chi connectivity index (χ2n) is 11.5. The average molecular weight is 690 g/mol. The van der Waals surface area contributed by atoms with Gasteiger partial charge in [0.15, 0.2) is 5.82 Å². The predicted molar refractivity (Wildman–Crippen MR) is 169 cm³/mol. The number of hydrogen-bond acceptors (Lipinski definition) is 10. The summed E-state index contributed by atoms with van der Waals surface area (Å²) in [5.74, 6) is -0.683. The highest BCUT2D eigenvalue weighted by Crippen LogP contribution is 2.43. The molecule has 4 aliphatic heterocycles. The van der Waals surface area contributed by atoms with Crippen LogP contribution < -0.4 is 21.1 Å². The van der Waals surface area contributed by atoms with Crippen LogP contribution in [0, 0.1) is 5.82 Å². The molecule has 6 rings (SSSR count). The van der Waals surface area contributed by atoms with Crippen LogP contribution in [-0.2, 0) is 23.9 Å². The van der Waals surface area contributed by atoms with E-state index in [1.165, 1.54) is 31.7 Å². The van der Waals surface area contributed by atoms with E-state index in [0.29, 0.717) is 64.9 Å². The maximum absolute atomic E-state index is 14.9. The highest BCUT2D eigenvalue weighted by atomic mass is 35.5. The van der Waals surface area contributed by atoms with Crippen molar-refractivity contribution in [1.29, 1.82) is 0 Å². The third-order valence-corrected chi connectivity index (χ3v) is 9.73. The van der Waals surface area contributed by atoms with Gasteiger partial charge in [-0.25, -0.2) is 8.78 Å². The van der Waals surface area contributed by atoms with Gasteiger partial charge in [0, 0.05) is 43.2 Å². The smallest absolute Gasteiger partial charge is 0.416 e. The number of thioether (sulfide) groups is 1. The van der Waals surface area contributed by atoms with Gasteiger partial charge in [0.1, 0.15) is 12.0 Å². The minimum Gasteiger partial charge on any atom is -0.467 e. The second-order valence-corrected chi connectivity index (χ2v) is 12.7. The number of methoxy groups -OCH3 is 1. The van der Waals surface area contributed by atoms with Gasteiger partial charge in [0.2, 0.25) is 0 Å². The van der Waals surface area contributed by atoms with Crippen LogP contribution in [0.15, 0.2) is 27.2 Å². The van der Waals surface area contributed by atoms with Crippen molar-refractivity contribution in [3.8, 4) is 6.01 Å². The minimum absolute atomic E-state index is 0.0199. The first-order chi connectivity index (χ1) is 21.9. The van der Waals surface area contributed by atoms with Crippen LogP contribution >= 0.6 is 23.4 Å². The Kier molecular flexibility index (Phi) is 10.8. The number of anilines is 2. The van der Waals surface area contributed by atoms with Crippen molar-refractivity contribution in [1.82, 2.24) is 14.9 Å². The Balaban J connectivity index is 0.000000393. The molecule has 3 atom stereocenters. The molecule has 0 bridgehead atoms. The van der Waals surface area contributed by atoms with Gasteiger partial charge >= 0.3 is 12.2 Å². The number of aromatic nitrogens is 2. The quantitative estimate of drug-likeness (QED) is 0.305. The maximum atomic E-state index is 14.9. The molecule has 0 saturated carbocycles. The molecule has 5 heterocycles. The van der Waals surface area contributed by atoms with Crippen LogP contribution in [0.1, 0.15) is 54.2 Å². The van der Waals surface area contributed by atoms with Crippen molar-refractivity contribution in [2.75, 3.05) is 56.7 Å². The number of hydrogen-bond donors (Lipinski definition) is 2. The summed E-state index contributed by atoms with van der Waals surface area (Å²) in [4.78, 5) is 17.6. The van der Waals surface area contributed by atoms with E-state index in [2.05, 4.69) is 19.9 Å². The first-order valence-corrected chi connectivity index (χ1v) is 16.6. The van der Waals surface area contributed by atoms with E-state index >= 15 is 0 Å². The zero-order chi connectivity index (χ0) is 33.2. The van der Waals surface area contributed by atoms with Crippen LogP contribution in [0.2, 0.25) is 0 Å². The zero-order valence-electron chi connectivity index (χ0n) is 25.5. The van der Waals surface area contributed by atoms with Crippen molar-refractivity contribution >= 4 is 40.6 Å². The summed E-state index contributed by atoms with van der Waals surface area (Å²) in [5.41, 5.74) is 11.0. The molecular weight excluding hydrogens is 653 g/mol. The Labute approximate surface area is 273 Å². The van der Waals surface area contributed by atoms with Gasteiger partial charge in [0.05, 0.1) is 59.1 Å². The summed E-state index contributed by atoms with van der Waals surface area (Å²) in [7, 11) is 1.38. The van der Waals surface area contributed by atoms with Crippen molar-refractivity contribution in [3.05, 3.63) is 50.4 Å². The lowest BCUT2D eigenvalue weighted by atomic mass is 9.94. The van der Waals surface area contributed by atoms with Crippen LogP contribution in [-0.4, -0.2) is 78.9 Å². The lowest BCUT2D eigenvalue weighted by Crippen LogP contribution is -2.33. The summed E-state index contributed by atoms with van der Waals surface area (Å²) in [6.07, 6.45) is -0.886. The van der Waals surface area contributed by atoms with Crippen molar-refractivity contribution in [2.45, 2.75) is 63.2 Å². The zero-order valence-corrected chi connectivity index (χ0v) is 27.1. The van der Waals surface area contributed by atoms with Crippen LogP contribution in [0.3, 0.4) is 0 Å². The number of benzene rings is 1. The molecule has 9 nitrogen and oxygen atoms in total. The molecule has 0 amide bonds. The van der Waals surface area contributed by atoms with Gasteiger partial charge in [-0.2, -0.15) is 23.1 Å². The molecule has 0 radical (unpaired) electrons. The molecule has 252 valence electrons. The van der Waals surface area contributed by atoms with E-state index in [4.69, 9.17) is 32.5 Å². The molecule has 0 aliphatic carbocycles. The van der Waals surface area contributed by atoms with Crippen molar-refractivity contribution < 1.29 is 31.4 Å². The highest BCUT2D eigenvalue weighted by Gasteiger charge is 2.40. The van der Waals surface area contributed by atoms with Crippen molar-refractivity contribution in [3.63, 3.8) is 0 Å². The van der Waals surface area contributed by atoms with Gasteiger partial charge < -0.3 is 25.8 Å². The van der Waals surface area contributed by atoms with Crippen LogP contribution in [0.5, 0.6) is 6.01 Å². The van der Waals surface area contributed by atoms with Crippen LogP contribution in [0.25, 0.3) is 0 Å². The molecule has 2 fully saturated rings. The Morgan fingerprint density at radius 2 is 1.98 bits per heavy atom. The van der Waals surface area contributed by atoms with Gasteiger partial charge in [-0.05, 0) is 50.6 Å². The minimum atomic E-state index is -4.80. The number of halogens is 6. The van der Waals surface area contributed by atoms with Gasteiger partial charge in [-0.1, -0.05) is 11.6 Å². The fourth-order valence-electron chi connectivity index (χ4n) is 6.30. The lowest BCUT2D eigenvalue weighted by Gasteiger charge is -2.31. The number of nitrogen functional groups attached to an aromatic ring is 1. The molecule has 0 spiro atoms. The van der Waals surface area contributed by atoms with Gasteiger partial charge in [-0.15, -0.1) is 11.8 Å². The average Bonchev–Trinajstić information content (AvgIpc) is 3.51. The molecule has 1 aromatic carbocycles. The third-order valence-electron chi connectivity index (χ3n) is 8.56. The number of nitrogens with two attached hydrogens (primary N) is 2. The lowest BCUT2D eigenvalue weighted by molar-refractivity contribution is -0.140. The molecule has 4 N–H and O–H groups in total. The standard InChI is InChI=1S/C23H25ClF4N6O2S.C7H12FN/c1-35-22-32-14-8-16(17-12(23(26,27)28)4-5-13(29)19(17)25)36-10-11(14)21(33-22)34-7-3-6-31-15(9-34)18(24)20(30)37-2;8-6-4-7-2-1-3-9(7)5-6/h4-5,16H,3,6-10,29-30H2,1-2H3;6-7H,1-5H2/b20-18-;. The normalized spacial score (nSPS) is 23.9. The first kappa shape index (κ1) is 34.5. The van der Waals surface area contributed by atoms with Gasteiger partial charge in [0.25, 0.3) is 0 Å². The molecule has 2 saturated heterocycles. The number of rotatable bonds is 5. The molecule has 2 aromatic rings. The van der Waals surface area contributed by atoms with E-state index in [9.17, 15) is 22.0 Å². The first-order valence-electron chi connectivity index (χ1n) is 15.0. The Hall–Kier alpha value is -2.88. The molecule has 46 heavy (non-hydrogen) atoms.